The number of piperidine rings is 1. The van der Waals surface area contributed by atoms with Crippen LogP contribution in [-0.2, 0) is 16.1 Å². The minimum atomic E-state index is -0.433. The summed E-state index contributed by atoms with van der Waals surface area (Å²) in [6.45, 7) is 11.5. The summed E-state index contributed by atoms with van der Waals surface area (Å²) in [6.07, 6.45) is 5.64. The Morgan fingerprint density at radius 3 is 2.11 bits per heavy atom. The smallest absolute Gasteiger partial charge is 0.312 e. The van der Waals surface area contributed by atoms with Crippen molar-refractivity contribution in [1.29, 1.82) is 0 Å². The lowest BCUT2D eigenvalue weighted by Gasteiger charge is -2.32. The molecule has 10 nitrogen and oxygen atoms in total. The molecule has 0 aliphatic carbocycles. The van der Waals surface area contributed by atoms with Crippen molar-refractivity contribution < 1.29 is 33.3 Å². The fraction of sp³-hybridized carbons (Fsp3) is 0.471. The minimum Gasteiger partial charge on any atom is -0.497 e. The van der Waals surface area contributed by atoms with Crippen LogP contribution < -0.4 is 24.3 Å². The van der Waals surface area contributed by atoms with Crippen LogP contribution in [0.25, 0.3) is 5.69 Å². The first-order valence-corrected chi connectivity index (χ1v) is 15.4. The third-order valence-electron chi connectivity index (χ3n) is 7.46. The molecule has 2 heterocycles. The van der Waals surface area contributed by atoms with Crippen LogP contribution in [0.4, 0.5) is 0 Å². The van der Waals surface area contributed by atoms with Crippen LogP contribution in [0.3, 0.4) is 0 Å². The molecular formula is C34H45N3O7. The molecule has 1 atom stereocenters. The molecule has 10 heteroatoms. The van der Waals surface area contributed by atoms with E-state index in [9.17, 15) is 9.59 Å². The number of ether oxygens (including phenoxy) is 5. The Kier molecular flexibility index (Phi) is 11.9. The summed E-state index contributed by atoms with van der Waals surface area (Å²) in [4.78, 5) is 27.6. The highest BCUT2D eigenvalue weighted by atomic mass is 16.5. The number of methoxy groups -OCH3 is 1. The second-order valence-corrected chi connectivity index (χ2v) is 10.8. The molecular weight excluding hydrogens is 562 g/mol. The van der Waals surface area contributed by atoms with E-state index >= 15 is 0 Å². The molecule has 1 unspecified atom stereocenters. The van der Waals surface area contributed by atoms with Crippen molar-refractivity contribution in [3.63, 3.8) is 0 Å². The zero-order valence-electron chi connectivity index (χ0n) is 26.5. The van der Waals surface area contributed by atoms with Gasteiger partial charge in [0.05, 0.1) is 32.8 Å². The fourth-order valence-corrected chi connectivity index (χ4v) is 5.24. The van der Waals surface area contributed by atoms with Gasteiger partial charge in [-0.2, -0.15) is 0 Å². The summed E-state index contributed by atoms with van der Waals surface area (Å²) in [5.41, 5.74) is 2.47. The molecule has 238 valence electrons. The molecule has 1 saturated heterocycles. The average molecular weight is 608 g/mol. The van der Waals surface area contributed by atoms with Gasteiger partial charge in [-0.25, -0.2) is 0 Å². The number of nitrogens with one attached hydrogen (secondary N) is 1. The van der Waals surface area contributed by atoms with E-state index < -0.39 is 5.92 Å². The summed E-state index contributed by atoms with van der Waals surface area (Å²) in [6, 6.07) is 13.3. The number of carbonyl (C=O) groups is 2. The number of rotatable bonds is 15. The van der Waals surface area contributed by atoms with E-state index in [0.717, 1.165) is 55.2 Å². The molecule has 1 aromatic heterocycles. The van der Waals surface area contributed by atoms with Crippen molar-refractivity contribution >= 4 is 11.9 Å². The number of hydrogen-bond acceptors (Lipinski definition) is 8. The highest BCUT2D eigenvalue weighted by Gasteiger charge is 2.24. The van der Waals surface area contributed by atoms with Crippen LogP contribution in [-0.4, -0.2) is 74.0 Å². The lowest BCUT2D eigenvalue weighted by molar-refractivity contribution is -0.148. The van der Waals surface area contributed by atoms with Crippen LogP contribution >= 0.6 is 0 Å². The van der Waals surface area contributed by atoms with Crippen molar-refractivity contribution in [1.82, 2.24) is 14.8 Å². The molecule has 0 saturated carbocycles. The van der Waals surface area contributed by atoms with Crippen LogP contribution in [0.1, 0.15) is 56.5 Å². The molecule has 0 radical (unpaired) electrons. The number of likely N-dealkylation sites (tertiary alicyclic amines) is 1. The van der Waals surface area contributed by atoms with Crippen LogP contribution in [0.2, 0.25) is 0 Å². The first kappa shape index (κ1) is 32.7. The number of hydrogen-bond donors (Lipinski definition) is 1. The first-order chi connectivity index (χ1) is 21.3. The van der Waals surface area contributed by atoms with E-state index in [-0.39, 0.29) is 24.5 Å². The molecule has 1 N–H and O–H groups in total. The molecule has 1 fully saturated rings. The van der Waals surface area contributed by atoms with Gasteiger partial charge >= 0.3 is 5.97 Å². The predicted molar refractivity (Wildman–Crippen MR) is 168 cm³/mol. The summed E-state index contributed by atoms with van der Waals surface area (Å²) in [7, 11) is 1.54. The van der Waals surface area contributed by atoms with Gasteiger partial charge in [0.15, 0.2) is 0 Å². The Balaban J connectivity index is 1.36. The molecule has 0 bridgehead atoms. The highest BCUT2D eigenvalue weighted by molar-refractivity contribution is 5.95. The maximum atomic E-state index is 13.2. The molecule has 4 rings (SSSR count). The largest absolute Gasteiger partial charge is 0.497 e. The minimum absolute atomic E-state index is 0.0484. The van der Waals surface area contributed by atoms with Crippen LogP contribution in [0.15, 0.2) is 54.9 Å². The van der Waals surface area contributed by atoms with Crippen LogP contribution in [0, 0.1) is 5.92 Å². The topological polar surface area (TPSA) is 100 Å². The average Bonchev–Trinajstić information content (AvgIpc) is 3.55. The lowest BCUT2D eigenvalue weighted by Crippen LogP contribution is -2.44. The number of esters is 1. The zero-order chi connectivity index (χ0) is 31.5. The van der Waals surface area contributed by atoms with Gasteiger partial charge in [0.1, 0.15) is 35.3 Å². The predicted octanol–water partition coefficient (Wildman–Crippen LogP) is 5.26. The maximum Gasteiger partial charge on any atom is 0.312 e. The second-order valence-electron chi connectivity index (χ2n) is 10.8. The second kappa shape index (κ2) is 16.0. The van der Waals surface area contributed by atoms with E-state index in [4.69, 9.17) is 23.7 Å². The van der Waals surface area contributed by atoms with Gasteiger partial charge in [-0.1, -0.05) is 0 Å². The fourth-order valence-electron chi connectivity index (χ4n) is 5.24. The van der Waals surface area contributed by atoms with Crippen molar-refractivity contribution in [3.05, 3.63) is 66.0 Å². The van der Waals surface area contributed by atoms with Gasteiger partial charge in [0, 0.05) is 49.7 Å². The number of nitrogens with zero attached hydrogens (tertiary/aromatic N) is 2. The zero-order valence-corrected chi connectivity index (χ0v) is 26.5. The Hall–Kier alpha value is -4.18. The molecule has 3 aromatic rings. The SMILES string of the molecule is CCOC(=O)C(C)COc1cc(OC)cc(C(=O)NC2CCN(Cc3cc(OCC)c(-n4cccc4)c(OCC)c3)CC2)c1. The number of aromatic nitrogens is 1. The van der Waals surface area contributed by atoms with Crippen LogP contribution in [0.5, 0.6) is 23.0 Å². The number of amides is 1. The Bertz CT molecular complexity index is 1340. The van der Waals surface area contributed by atoms with Crippen molar-refractivity contribution in [2.45, 2.75) is 53.1 Å². The third kappa shape index (κ3) is 8.69. The standard InChI is InChI=1S/C34H45N3O7/c1-6-41-30-17-25(18-31(42-7-2)32(30)37-13-9-10-14-37)22-36-15-11-27(12-16-36)35-33(38)26-19-28(40-5)21-29(20-26)44-23-24(4)34(39)43-8-3/h9-10,13-14,17-21,24,27H,6-8,11-12,15-16,22-23H2,1-5H3,(H,35,38). The molecule has 2 aromatic carbocycles. The van der Waals surface area contributed by atoms with Gasteiger partial charge in [-0.3, -0.25) is 14.5 Å². The molecule has 1 aliphatic rings. The van der Waals surface area contributed by atoms with Crippen molar-refractivity contribution in [2.24, 2.45) is 5.92 Å². The van der Waals surface area contributed by atoms with E-state index in [2.05, 4.69) is 22.3 Å². The quantitative estimate of drug-likeness (QED) is 0.234. The summed E-state index contributed by atoms with van der Waals surface area (Å²) in [5.74, 6) is 1.62. The van der Waals surface area contributed by atoms with Gasteiger partial charge in [0.2, 0.25) is 0 Å². The molecule has 0 spiro atoms. The number of benzene rings is 2. The Morgan fingerprint density at radius 1 is 0.886 bits per heavy atom. The van der Waals surface area contributed by atoms with E-state index in [1.165, 1.54) is 0 Å². The third-order valence-corrected chi connectivity index (χ3v) is 7.46. The van der Waals surface area contributed by atoms with Crippen molar-refractivity contribution in [2.75, 3.05) is 46.6 Å². The van der Waals surface area contributed by atoms with Gasteiger partial charge in [0.25, 0.3) is 5.91 Å². The van der Waals surface area contributed by atoms with E-state index in [0.29, 0.717) is 36.9 Å². The maximum absolute atomic E-state index is 13.2. The first-order valence-electron chi connectivity index (χ1n) is 15.4. The van der Waals surface area contributed by atoms with Gasteiger partial charge in [-0.05, 0) is 82.5 Å². The monoisotopic (exact) mass is 607 g/mol. The normalized spacial score (nSPS) is 14.5. The Morgan fingerprint density at radius 2 is 1.52 bits per heavy atom. The molecule has 1 aliphatic heterocycles. The Labute approximate surface area is 260 Å². The lowest BCUT2D eigenvalue weighted by atomic mass is 10.0. The van der Waals surface area contributed by atoms with Gasteiger partial charge in [-0.15, -0.1) is 0 Å². The summed E-state index contributed by atoms with van der Waals surface area (Å²) < 4.78 is 30.4. The summed E-state index contributed by atoms with van der Waals surface area (Å²) in [5, 5.41) is 3.18. The molecule has 1 amide bonds. The van der Waals surface area contributed by atoms with Crippen molar-refractivity contribution in [3.8, 4) is 28.7 Å². The van der Waals surface area contributed by atoms with E-state index in [1.54, 1.807) is 39.2 Å². The van der Waals surface area contributed by atoms with Gasteiger partial charge < -0.3 is 33.6 Å². The summed E-state index contributed by atoms with van der Waals surface area (Å²) >= 11 is 0. The van der Waals surface area contributed by atoms with E-state index in [1.807, 2.05) is 42.9 Å². The highest BCUT2D eigenvalue weighted by Crippen LogP contribution is 2.35. The molecule has 44 heavy (non-hydrogen) atoms. The number of carbonyl (C=O) groups excluding carboxylic acids is 2.